The van der Waals surface area contributed by atoms with Gasteiger partial charge in [-0.2, -0.15) is 0 Å². The van der Waals surface area contributed by atoms with Crippen molar-refractivity contribution in [2.24, 2.45) is 5.41 Å². The van der Waals surface area contributed by atoms with Gasteiger partial charge in [0, 0.05) is 11.5 Å². The highest BCUT2D eigenvalue weighted by Gasteiger charge is 2.47. The molecule has 178 valence electrons. The molecule has 1 aliphatic carbocycles. The van der Waals surface area contributed by atoms with Crippen LogP contribution in [0.3, 0.4) is 0 Å². The van der Waals surface area contributed by atoms with Crippen LogP contribution < -0.4 is 18.9 Å². The van der Waals surface area contributed by atoms with Crippen molar-refractivity contribution >= 4 is 5.78 Å². The molecule has 0 radical (unpaired) electrons. The lowest BCUT2D eigenvalue weighted by molar-refractivity contribution is 0.0814. The van der Waals surface area contributed by atoms with Gasteiger partial charge in [0.05, 0.1) is 34.0 Å². The van der Waals surface area contributed by atoms with Crippen LogP contribution in [0.5, 0.6) is 23.0 Å². The van der Waals surface area contributed by atoms with E-state index in [2.05, 4.69) is 12.1 Å². The monoisotopic (exact) mass is 460 g/mol. The van der Waals surface area contributed by atoms with Gasteiger partial charge in [0.1, 0.15) is 23.0 Å². The number of rotatable bonds is 8. The number of hydrogen-bond donors (Lipinski definition) is 0. The largest absolute Gasteiger partial charge is 0.497 e. The second kappa shape index (κ2) is 9.41. The summed E-state index contributed by atoms with van der Waals surface area (Å²) in [5.41, 5.74) is 5.29. The molecule has 0 aliphatic heterocycles. The standard InChI is InChI=1S/C29H32O5/c1-18-7-20(11-23(9-18)31-3)15-29(16-21-8-19(2)10-24(12-21)32-4)17-22-13-25(33-5)14-26(34-6)27(22)28(29)30/h7-14H,15-17H2,1-6H3. The van der Waals surface area contributed by atoms with Crippen LogP contribution >= 0.6 is 0 Å². The van der Waals surface area contributed by atoms with Crippen LogP contribution in [0, 0.1) is 19.3 Å². The van der Waals surface area contributed by atoms with Crippen molar-refractivity contribution in [2.75, 3.05) is 28.4 Å². The predicted octanol–water partition coefficient (Wildman–Crippen LogP) is 5.55. The van der Waals surface area contributed by atoms with Gasteiger partial charge in [-0.05, 0) is 91.3 Å². The van der Waals surface area contributed by atoms with Crippen molar-refractivity contribution in [1.82, 2.24) is 0 Å². The van der Waals surface area contributed by atoms with Crippen LogP contribution in [0.25, 0.3) is 0 Å². The maximum atomic E-state index is 14.2. The number of fused-ring (bicyclic) bond motifs is 1. The first-order chi connectivity index (χ1) is 16.3. The first-order valence-electron chi connectivity index (χ1n) is 11.4. The first-order valence-corrected chi connectivity index (χ1v) is 11.4. The first kappa shape index (κ1) is 23.7. The van der Waals surface area contributed by atoms with Crippen molar-refractivity contribution in [1.29, 1.82) is 0 Å². The molecule has 0 saturated carbocycles. The number of aryl methyl sites for hydroxylation is 2. The molecule has 0 saturated heterocycles. The number of benzene rings is 3. The maximum Gasteiger partial charge on any atom is 0.174 e. The van der Waals surface area contributed by atoms with E-state index in [1.807, 2.05) is 44.2 Å². The van der Waals surface area contributed by atoms with E-state index in [-0.39, 0.29) is 5.78 Å². The van der Waals surface area contributed by atoms with Gasteiger partial charge in [0.15, 0.2) is 5.78 Å². The van der Waals surface area contributed by atoms with Crippen molar-refractivity contribution in [3.05, 3.63) is 81.9 Å². The van der Waals surface area contributed by atoms with Crippen molar-refractivity contribution in [2.45, 2.75) is 33.1 Å². The molecule has 0 bridgehead atoms. The Hall–Kier alpha value is -3.47. The number of carbonyl (C=O) groups is 1. The van der Waals surface area contributed by atoms with E-state index in [9.17, 15) is 4.79 Å². The zero-order chi connectivity index (χ0) is 24.5. The van der Waals surface area contributed by atoms with Gasteiger partial charge < -0.3 is 18.9 Å². The third-order valence-corrected chi connectivity index (χ3v) is 6.63. The van der Waals surface area contributed by atoms with Crippen LogP contribution in [0.4, 0.5) is 0 Å². The SMILES string of the molecule is COc1cc(C)cc(CC2(Cc3cc(C)cc(OC)c3)Cc3cc(OC)cc(OC)c3C2=O)c1. The van der Waals surface area contributed by atoms with Gasteiger partial charge in [0.2, 0.25) is 0 Å². The highest BCUT2D eigenvalue weighted by molar-refractivity contribution is 6.07. The van der Waals surface area contributed by atoms with E-state index in [1.54, 1.807) is 34.5 Å². The Morgan fingerprint density at radius 3 is 1.65 bits per heavy atom. The molecule has 0 fully saturated rings. The molecule has 5 heteroatoms. The number of ketones is 1. The predicted molar refractivity (Wildman–Crippen MR) is 133 cm³/mol. The Bertz CT molecular complexity index is 1170. The summed E-state index contributed by atoms with van der Waals surface area (Å²) in [5, 5.41) is 0. The van der Waals surface area contributed by atoms with Crippen LogP contribution in [0.2, 0.25) is 0 Å². The van der Waals surface area contributed by atoms with Gasteiger partial charge in [-0.15, -0.1) is 0 Å². The molecule has 3 aromatic carbocycles. The van der Waals surface area contributed by atoms with E-state index in [4.69, 9.17) is 18.9 Å². The highest BCUT2D eigenvalue weighted by atomic mass is 16.5. The fourth-order valence-corrected chi connectivity index (χ4v) is 5.25. The van der Waals surface area contributed by atoms with Crippen LogP contribution in [0.1, 0.15) is 38.2 Å². The quantitative estimate of drug-likeness (QED) is 0.441. The van der Waals surface area contributed by atoms with Gasteiger partial charge >= 0.3 is 0 Å². The molecular weight excluding hydrogens is 428 g/mol. The van der Waals surface area contributed by atoms with Crippen molar-refractivity contribution < 1.29 is 23.7 Å². The summed E-state index contributed by atoms with van der Waals surface area (Å²) in [6.07, 6.45) is 1.77. The molecule has 5 nitrogen and oxygen atoms in total. The number of hydrogen-bond acceptors (Lipinski definition) is 5. The Kier molecular flexibility index (Phi) is 6.56. The minimum atomic E-state index is -0.667. The Morgan fingerprint density at radius 1 is 0.676 bits per heavy atom. The molecule has 0 amide bonds. The summed E-state index contributed by atoms with van der Waals surface area (Å²) in [6.45, 7) is 4.09. The molecule has 4 rings (SSSR count). The molecular formula is C29H32O5. The van der Waals surface area contributed by atoms with Crippen molar-refractivity contribution in [3.8, 4) is 23.0 Å². The number of Topliss-reactive ketones (excluding diaryl/α,β-unsaturated/α-hetero) is 1. The van der Waals surface area contributed by atoms with E-state index in [0.29, 0.717) is 36.3 Å². The number of carbonyl (C=O) groups excluding carboxylic acids is 1. The van der Waals surface area contributed by atoms with Crippen LogP contribution in [-0.2, 0) is 19.3 Å². The van der Waals surface area contributed by atoms with E-state index in [1.165, 1.54) is 0 Å². The fraction of sp³-hybridized carbons (Fsp3) is 0.345. The van der Waals surface area contributed by atoms with Gasteiger partial charge in [-0.3, -0.25) is 4.79 Å². The third kappa shape index (κ3) is 4.47. The average Bonchev–Trinajstić information content (AvgIpc) is 3.08. The Labute approximate surface area is 201 Å². The summed E-state index contributed by atoms with van der Waals surface area (Å²) in [5.74, 6) is 2.94. The third-order valence-electron chi connectivity index (χ3n) is 6.63. The van der Waals surface area contributed by atoms with Crippen LogP contribution in [-0.4, -0.2) is 34.2 Å². The smallest absolute Gasteiger partial charge is 0.174 e. The average molecular weight is 461 g/mol. The summed E-state index contributed by atoms with van der Waals surface area (Å²) in [4.78, 5) is 14.2. The normalized spacial score (nSPS) is 14.0. The topological polar surface area (TPSA) is 54.0 Å². The van der Waals surface area contributed by atoms with Crippen molar-refractivity contribution in [3.63, 3.8) is 0 Å². The second-order valence-corrected chi connectivity index (χ2v) is 9.22. The summed E-state index contributed by atoms with van der Waals surface area (Å²) in [6, 6.07) is 16.1. The van der Waals surface area contributed by atoms with Crippen LogP contribution in [0.15, 0.2) is 48.5 Å². The molecule has 0 aromatic heterocycles. The van der Waals surface area contributed by atoms with E-state index in [0.717, 1.165) is 39.3 Å². The zero-order valence-electron chi connectivity index (χ0n) is 20.8. The Balaban J connectivity index is 1.84. The molecule has 0 N–H and O–H groups in total. The lowest BCUT2D eigenvalue weighted by atomic mass is 9.73. The van der Waals surface area contributed by atoms with E-state index < -0.39 is 5.41 Å². The molecule has 34 heavy (non-hydrogen) atoms. The number of methoxy groups -OCH3 is 4. The molecule has 0 heterocycles. The molecule has 0 unspecified atom stereocenters. The zero-order valence-corrected chi connectivity index (χ0v) is 20.8. The molecule has 3 aromatic rings. The summed E-state index contributed by atoms with van der Waals surface area (Å²) >= 11 is 0. The fourth-order valence-electron chi connectivity index (χ4n) is 5.25. The summed E-state index contributed by atoms with van der Waals surface area (Å²) < 4.78 is 22.2. The second-order valence-electron chi connectivity index (χ2n) is 9.22. The Morgan fingerprint density at radius 2 is 1.18 bits per heavy atom. The molecule has 1 aliphatic rings. The lowest BCUT2D eigenvalue weighted by Gasteiger charge is -2.29. The van der Waals surface area contributed by atoms with Gasteiger partial charge in [0.25, 0.3) is 0 Å². The van der Waals surface area contributed by atoms with E-state index >= 15 is 0 Å². The molecule has 0 spiro atoms. The minimum absolute atomic E-state index is 0.1000. The minimum Gasteiger partial charge on any atom is -0.497 e. The number of ether oxygens (including phenoxy) is 4. The lowest BCUT2D eigenvalue weighted by Crippen LogP contribution is -2.33. The molecule has 0 atom stereocenters. The highest BCUT2D eigenvalue weighted by Crippen LogP contribution is 2.47. The summed E-state index contributed by atoms with van der Waals surface area (Å²) in [7, 11) is 6.56. The van der Waals surface area contributed by atoms with Gasteiger partial charge in [-0.25, -0.2) is 0 Å². The van der Waals surface area contributed by atoms with Gasteiger partial charge in [-0.1, -0.05) is 12.1 Å². The maximum absolute atomic E-state index is 14.2.